The van der Waals surface area contributed by atoms with Gasteiger partial charge in [0.25, 0.3) is 0 Å². The van der Waals surface area contributed by atoms with Crippen molar-refractivity contribution >= 4 is 29.5 Å². The topological polar surface area (TPSA) is 87.7 Å². The molecular formula is C40H77N3O4S. The molecule has 2 unspecified atom stereocenters. The number of ether oxygens (including phenoxy) is 1. The average Bonchev–Trinajstić information content (AvgIpc) is 3.07. The van der Waals surface area contributed by atoms with Crippen molar-refractivity contribution in [1.29, 1.82) is 0 Å². The van der Waals surface area contributed by atoms with Gasteiger partial charge in [0.1, 0.15) is 6.04 Å². The summed E-state index contributed by atoms with van der Waals surface area (Å²) in [5.74, 6) is 2.48. The molecule has 1 heterocycles. The van der Waals surface area contributed by atoms with Crippen LogP contribution in [0.5, 0.6) is 0 Å². The molecule has 2 amide bonds. The van der Waals surface area contributed by atoms with Crippen LogP contribution in [-0.4, -0.2) is 73.5 Å². The smallest absolute Gasteiger partial charge is 0.306 e. The minimum atomic E-state index is -0.536. The Morgan fingerprint density at radius 2 is 1.29 bits per heavy atom. The maximum atomic E-state index is 13.7. The van der Waals surface area contributed by atoms with Crippen LogP contribution in [0.1, 0.15) is 169 Å². The third-order valence-corrected chi connectivity index (χ3v) is 10.9. The van der Waals surface area contributed by atoms with Gasteiger partial charge in [-0.15, -0.1) is 0 Å². The number of unbranched alkanes of at least 4 members (excludes halogenated alkanes) is 12. The number of esters is 1. The zero-order valence-corrected chi connectivity index (χ0v) is 32.9. The fraction of sp³-hybridized carbons (Fsp3) is 0.925. The number of nitrogens with one attached hydrogen (secondary N) is 2. The van der Waals surface area contributed by atoms with Crippen molar-refractivity contribution in [3.8, 4) is 0 Å². The molecular weight excluding hydrogens is 619 g/mol. The van der Waals surface area contributed by atoms with E-state index in [0.29, 0.717) is 37.7 Å². The van der Waals surface area contributed by atoms with Gasteiger partial charge in [0.2, 0.25) is 11.8 Å². The fourth-order valence-electron chi connectivity index (χ4n) is 6.49. The average molecular weight is 696 g/mol. The maximum absolute atomic E-state index is 13.7. The van der Waals surface area contributed by atoms with Gasteiger partial charge in [0, 0.05) is 18.2 Å². The van der Waals surface area contributed by atoms with E-state index in [1.165, 1.54) is 70.6 Å². The highest BCUT2D eigenvalue weighted by Crippen LogP contribution is 2.21. The molecule has 0 aromatic rings. The zero-order chi connectivity index (χ0) is 35.2. The maximum Gasteiger partial charge on any atom is 0.306 e. The summed E-state index contributed by atoms with van der Waals surface area (Å²) in [6.45, 7) is 12.3. The van der Waals surface area contributed by atoms with Crippen LogP contribution in [0, 0.1) is 17.8 Å². The standard InChI is InChI=1S/C40H77N3O4S/c1-6-8-10-12-15-19-23-36(22-18-11-9-7-2)39(45)42-37(40(46)41-33-35-24-28-43(5)29-25-35)26-31-48-32-27-38(44)47-30-20-16-13-14-17-21-34(3)4/h34-37H,6-33H2,1-5H3,(H,41,46)(H,42,45). The fourth-order valence-corrected chi connectivity index (χ4v) is 7.41. The van der Waals surface area contributed by atoms with E-state index < -0.39 is 6.04 Å². The Kier molecular flexibility index (Phi) is 28.5. The van der Waals surface area contributed by atoms with Crippen molar-refractivity contribution < 1.29 is 19.1 Å². The summed E-state index contributed by atoms with van der Waals surface area (Å²) in [6, 6.07) is -0.536. The Morgan fingerprint density at radius 1 is 0.729 bits per heavy atom. The van der Waals surface area contributed by atoms with Gasteiger partial charge in [-0.3, -0.25) is 14.4 Å². The third-order valence-electron chi connectivity index (χ3n) is 9.91. The zero-order valence-electron chi connectivity index (χ0n) is 32.1. The van der Waals surface area contributed by atoms with Gasteiger partial charge in [-0.05, 0) is 76.3 Å². The molecule has 282 valence electrons. The molecule has 1 rings (SSSR count). The lowest BCUT2D eigenvalue weighted by Crippen LogP contribution is -2.50. The van der Waals surface area contributed by atoms with Gasteiger partial charge < -0.3 is 20.3 Å². The second-order valence-corrected chi connectivity index (χ2v) is 16.2. The molecule has 1 aliphatic rings. The Balaban J connectivity index is 2.57. The number of rotatable bonds is 31. The lowest BCUT2D eigenvalue weighted by atomic mass is 9.93. The van der Waals surface area contributed by atoms with Crippen molar-refractivity contribution in [1.82, 2.24) is 15.5 Å². The van der Waals surface area contributed by atoms with E-state index in [4.69, 9.17) is 4.74 Å². The largest absolute Gasteiger partial charge is 0.466 e. The molecule has 0 aromatic carbocycles. The Labute approximate surface area is 301 Å². The first-order valence-corrected chi connectivity index (χ1v) is 21.4. The van der Waals surface area contributed by atoms with Crippen LogP contribution >= 0.6 is 11.8 Å². The highest BCUT2D eigenvalue weighted by Gasteiger charge is 2.26. The Bertz CT molecular complexity index is 803. The number of hydrogen-bond acceptors (Lipinski definition) is 6. The summed E-state index contributed by atoms with van der Waals surface area (Å²) in [6.07, 6.45) is 24.0. The van der Waals surface area contributed by atoms with E-state index in [0.717, 1.165) is 82.5 Å². The molecule has 1 fully saturated rings. The van der Waals surface area contributed by atoms with Gasteiger partial charge in [0.15, 0.2) is 0 Å². The lowest BCUT2D eigenvalue weighted by Gasteiger charge is -2.29. The summed E-state index contributed by atoms with van der Waals surface area (Å²) < 4.78 is 5.46. The van der Waals surface area contributed by atoms with E-state index in [2.05, 4.69) is 50.3 Å². The molecule has 2 N–H and O–H groups in total. The second kappa shape index (κ2) is 30.5. The molecule has 0 radical (unpaired) electrons. The van der Waals surface area contributed by atoms with Crippen LogP contribution < -0.4 is 10.6 Å². The number of carbonyl (C=O) groups excluding carboxylic acids is 3. The Hall–Kier alpha value is -1.28. The molecule has 0 spiro atoms. The predicted octanol–water partition coefficient (Wildman–Crippen LogP) is 9.32. The van der Waals surface area contributed by atoms with E-state index in [-0.39, 0.29) is 23.7 Å². The van der Waals surface area contributed by atoms with Crippen LogP contribution in [0.3, 0.4) is 0 Å². The number of likely N-dealkylation sites (tertiary alicyclic amines) is 1. The van der Waals surface area contributed by atoms with Crippen molar-refractivity contribution in [2.75, 3.05) is 44.8 Å². The number of piperidine rings is 1. The van der Waals surface area contributed by atoms with Crippen LogP contribution in [0.25, 0.3) is 0 Å². The Morgan fingerprint density at radius 3 is 1.92 bits per heavy atom. The quantitative estimate of drug-likeness (QED) is 0.0555. The molecule has 7 nitrogen and oxygen atoms in total. The monoisotopic (exact) mass is 696 g/mol. The van der Waals surface area contributed by atoms with Crippen molar-refractivity contribution in [2.45, 2.75) is 175 Å². The number of amides is 2. The summed E-state index contributed by atoms with van der Waals surface area (Å²) in [5, 5.41) is 6.40. The van der Waals surface area contributed by atoms with Gasteiger partial charge in [0.05, 0.1) is 13.0 Å². The minimum absolute atomic E-state index is 0.0281. The molecule has 8 heteroatoms. The number of carbonyl (C=O) groups is 3. The lowest BCUT2D eigenvalue weighted by molar-refractivity contribution is -0.143. The van der Waals surface area contributed by atoms with Crippen molar-refractivity contribution in [3.63, 3.8) is 0 Å². The first-order valence-electron chi connectivity index (χ1n) is 20.3. The molecule has 0 aromatic heterocycles. The van der Waals surface area contributed by atoms with E-state index in [9.17, 15) is 14.4 Å². The molecule has 0 saturated carbocycles. The second-order valence-electron chi connectivity index (χ2n) is 15.0. The van der Waals surface area contributed by atoms with Crippen LogP contribution in [0.4, 0.5) is 0 Å². The van der Waals surface area contributed by atoms with Crippen LogP contribution in [0.15, 0.2) is 0 Å². The van der Waals surface area contributed by atoms with Crippen LogP contribution in [0.2, 0.25) is 0 Å². The summed E-state index contributed by atoms with van der Waals surface area (Å²) in [4.78, 5) is 41.8. The van der Waals surface area contributed by atoms with Crippen molar-refractivity contribution in [2.24, 2.45) is 17.8 Å². The first kappa shape index (κ1) is 44.7. The van der Waals surface area contributed by atoms with Gasteiger partial charge in [-0.2, -0.15) is 11.8 Å². The first-order chi connectivity index (χ1) is 23.3. The number of hydrogen-bond donors (Lipinski definition) is 2. The molecule has 1 saturated heterocycles. The molecule has 0 bridgehead atoms. The van der Waals surface area contributed by atoms with Gasteiger partial charge in [-0.25, -0.2) is 0 Å². The van der Waals surface area contributed by atoms with Gasteiger partial charge >= 0.3 is 5.97 Å². The summed E-state index contributed by atoms with van der Waals surface area (Å²) >= 11 is 1.67. The SMILES string of the molecule is CCCCCCCCC(CCCCCC)C(=O)NC(CCSCCC(=O)OCCCCCCCC(C)C)C(=O)NCC1CCN(C)CC1. The number of nitrogens with zero attached hydrogens (tertiary/aromatic N) is 1. The highest BCUT2D eigenvalue weighted by molar-refractivity contribution is 7.99. The number of thioether (sulfide) groups is 1. The molecule has 48 heavy (non-hydrogen) atoms. The van der Waals surface area contributed by atoms with E-state index >= 15 is 0 Å². The van der Waals surface area contributed by atoms with Gasteiger partial charge in [-0.1, -0.05) is 124 Å². The van der Waals surface area contributed by atoms with Crippen LogP contribution in [-0.2, 0) is 19.1 Å². The highest BCUT2D eigenvalue weighted by atomic mass is 32.2. The van der Waals surface area contributed by atoms with E-state index in [1.54, 1.807) is 11.8 Å². The normalized spacial score (nSPS) is 15.4. The van der Waals surface area contributed by atoms with Crippen molar-refractivity contribution in [3.05, 3.63) is 0 Å². The van der Waals surface area contributed by atoms with E-state index in [1.807, 2.05) is 0 Å². The molecule has 0 aliphatic carbocycles. The summed E-state index contributed by atoms with van der Waals surface area (Å²) in [5.41, 5.74) is 0. The minimum Gasteiger partial charge on any atom is -0.466 e. The third kappa shape index (κ3) is 24.8. The predicted molar refractivity (Wildman–Crippen MR) is 205 cm³/mol. The summed E-state index contributed by atoms with van der Waals surface area (Å²) in [7, 11) is 2.15. The molecule has 1 aliphatic heterocycles. The molecule has 2 atom stereocenters.